The van der Waals surface area contributed by atoms with Gasteiger partial charge in [-0.2, -0.15) is 0 Å². The van der Waals surface area contributed by atoms with E-state index in [-0.39, 0.29) is 34.7 Å². The highest BCUT2D eigenvalue weighted by Crippen LogP contribution is 2.28. The Labute approximate surface area is 170 Å². The first-order chi connectivity index (χ1) is 13.9. The van der Waals surface area contributed by atoms with E-state index < -0.39 is 5.97 Å². The number of amides is 1. The van der Waals surface area contributed by atoms with Crippen LogP contribution >= 0.6 is 11.3 Å². The normalized spacial score (nSPS) is 10.7. The van der Waals surface area contributed by atoms with E-state index in [1.54, 1.807) is 6.92 Å². The predicted octanol–water partition coefficient (Wildman–Crippen LogP) is 2.13. The maximum atomic E-state index is 12.4. The number of aryl methyl sites for hydroxylation is 2. The van der Waals surface area contributed by atoms with Gasteiger partial charge in [0.15, 0.2) is 0 Å². The van der Waals surface area contributed by atoms with Crippen molar-refractivity contribution in [3.8, 4) is 5.75 Å². The second-order valence-electron chi connectivity index (χ2n) is 6.42. The zero-order valence-corrected chi connectivity index (χ0v) is 17.1. The fourth-order valence-electron chi connectivity index (χ4n) is 2.81. The fraction of sp³-hybridized carbons (Fsp3) is 0.300. The molecule has 0 spiro atoms. The van der Waals surface area contributed by atoms with Crippen LogP contribution < -0.4 is 15.6 Å². The van der Waals surface area contributed by atoms with Gasteiger partial charge in [-0.3, -0.25) is 9.59 Å². The van der Waals surface area contributed by atoms with Crippen molar-refractivity contribution in [2.75, 3.05) is 20.3 Å². The van der Waals surface area contributed by atoms with Crippen LogP contribution in [0.2, 0.25) is 0 Å². The van der Waals surface area contributed by atoms with Crippen LogP contribution in [-0.4, -0.2) is 42.1 Å². The van der Waals surface area contributed by atoms with E-state index in [0.29, 0.717) is 22.8 Å². The zero-order chi connectivity index (χ0) is 21.0. The predicted molar refractivity (Wildman–Crippen MR) is 110 cm³/mol. The Morgan fingerprint density at radius 3 is 2.62 bits per heavy atom. The first-order valence-electron chi connectivity index (χ1n) is 8.96. The number of esters is 1. The molecule has 2 N–H and O–H groups in total. The van der Waals surface area contributed by atoms with E-state index in [1.165, 1.54) is 7.11 Å². The summed E-state index contributed by atoms with van der Waals surface area (Å²) >= 11 is 1.04. The summed E-state index contributed by atoms with van der Waals surface area (Å²) in [5.74, 6) is 0.219. The lowest BCUT2D eigenvalue weighted by Crippen LogP contribution is -2.30. The number of rotatable bonds is 7. The van der Waals surface area contributed by atoms with E-state index in [9.17, 15) is 14.4 Å². The molecule has 2 aromatic heterocycles. The Bertz CT molecular complexity index is 1100. The first kappa shape index (κ1) is 20.5. The summed E-state index contributed by atoms with van der Waals surface area (Å²) in [6.45, 7) is 4.22. The van der Waals surface area contributed by atoms with Crippen LogP contribution in [0.5, 0.6) is 5.75 Å². The lowest BCUT2D eigenvalue weighted by atomic mass is 10.1. The number of methoxy groups -OCH3 is 1. The maximum absolute atomic E-state index is 12.4. The number of aromatic nitrogens is 2. The Morgan fingerprint density at radius 1 is 1.21 bits per heavy atom. The van der Waals surface area contributed by atoms with Gasteiger partial charge in [0, 0.05) is 5.56 Å². The van der Waals surface area contributed by atoms with Crippen molar-refractivity contribution in [2.45, 2.75) is 20.3 Å². The van der Waals surface area contributed by atoms with Crippen molar-refractivity contribution in [2.24, 2.45) is 0 Å². The molecule has 0 aliphatic heterocycles. The molecule has 0 fully saturated rings. The van der Waals surface area contributed by atoms with Crippen LogP contribution in [0.25, 0.3) is 10.2 Å². The van der Waals surface area contributed by atoms with Gasteiger partial charge < -0.3 is 19.8 Å². The zero-order valence-electron chi connectivity index (χ0n) is 16.3. The Hall–Kier alpha value is -3.20. The van der Waals surface area contributed by atoms with Gasteiger partial charge in [0.1, 0.15) is 27.9 Å². The standard InChI is InChI=1S/C20H21N3O5S/c1-11-4-6-13(7-5-11)28-9-8-21-15(24)10-14-16-18(25)22-12(2)23-19(16)29-17(14)20(26)27-3/h4-7H,8-10H2,1-3H3,(H,21,24)(H,22,23,25). The molecule has 3 rings (SSSR count). The molecule has 1 aromatic carbocycles. The number of carbonyl (C=O) groups excluding carboxylic acids is 2. The van der Waals surface area contributed by atoms with Crippen LogP contribution in [0.1, 0.15) is 26.6 Å². The second-order valence-corrected chi connectivity index (χ2v) is 7.42. The maximum Gasteiger partial charge on any atom is 0.348 e. The summed E-state index contributed by atoms with van der Waals surface area (Å²) in [5.41, 5.74) is 1.07. The van der Waals surface area contributed by atoms with E-state index in [4.69, 9.17) is 9.47 Å². The molecule has 1 amide bonds. The van der Waals surface area contributed by atoms with Crippen molar-refractivity contribution in [1.82, 2.24) is 15.3 Å². The van der Waals surface area contributed by atoms with Gasteiger partial charge in [0.25, 0.3) is 5.56 Å². The third-order valence-electron chi connectivity index (χ3n) is 4.20. The topological polar surface area (TPSA) is 110 Å². The van der Waals surface area contributed by atoms with Gasteiger partial charge in [0.2, 0.25) is 5.91 Å². The van der Waals surface area contributed by atoms with Gasteiger partial charge >= 0.3 is 5.97 Å². The van der Waals surface area contributed by atoms with Crippen molar-refractivity contribution < 1.29 is 19.1 Å². The molecule has 0 radical (unpaired) electrons. The van der Waals surface area contributed by atoms with E-state index in [0.717, 1.165) is 22.6 Å². The molecule has 0 aliphatic carbocycles. The monoisotopic (exact) mass is 415 g/mol. The summed E-state index contributed by atoms with van der Waals surface area (Å²) in [5, 5.41) is 2.98. The Morgan fingerprint density at radius 2 is 1.93 bits per heavy atom. The minimum absolute atomic E-state index is 0.136. The molecule has 0 atom stereocenters. The lowest BCUT2D eigenvalue weighted by Gasteiger charge is -2.08. The van der Waals surface area contributed by atoms with Crippen molar-refractivity contribution in [1.29, 1.82) is 0 Å². The van der Waals surface area contributed by atoms with Crippen LogP contribution in [0.3, 0.4) is 0 Å². The fourth-order valence-corrected chi connectivity index (χ4v) is 3.97. The number of H-pyrrole nitrogens is 1. The molecule has 152 valence electrons. The minimum atomic E-state index is -0.601. The number of fused-ring (bicyclic) bond motifs is 1. The molecule has 0 aliphatic rings. The van der Waals surface area contributed by atoms with Crippen LogP contribution in [0, 0.1) is 13.8 Å². The van der Waals surface area contributed by atoms with Gasteiger partial charge in [-0.15, -0.1) is 11.3 Å². The number of ether oxygens (including phenoxy) is 2. The third-order valence-corrected chi connectivity index (χ3v) is 5.31. The molecule has 0 unspecified atom stereocenters. The summed E-state index contributed by atoms with van der Waals surface area (Å²) in [7, 11) is 1.25. The van der Waals surface area contributed by atoms with Crippen LogP contribution in [-0.2, 0) is 16.0 Å². The second kappa shape index (κ2) is 8.87. The minimum Gasteiger partial charge on any atom is -0.492 e. The lowest BCUT2D eigenvalue weighted by molar-refractivity contribution is -0.120. The summed E-state index contributed by atoms with van der Waals surface area (Å²) in [6, 6.07) is 7.60. The number of carbonyl (C=O) groups is 2. The molecular formula is C20H21N3O5S. The number of benzene rings is 1. The number of nitrogens with zero attached hydrogens (tertiary/aromatic N) is 1. The summed E-state index contributed by atoms with van der Waals surface area (Å²) < 4.78 is 10.4. The van der Waals surface area contributed by atoms with Gasteiger partial charge in [-0.05, 0) is 26.0 Å². The van der Waals surface area contributed by atoms with Crippen LogP contribution in [0.4, 0.5) is 0 Å². The molecule has 9 heteroatoms. The highest BCUT2D eigenvalue weighted by atomic mass is 32.1. The highest BCUT2D eigenvalue weighted by molar-refractivity contribution is 7.20. The average molecular weight is 415 g/mol. The highest BCUT2D eigenvalue weighted by Gasteiger charge is 2.24. The van der Waals surface area contributed by atoms with E-state index in [1.807, 2.05) is 31.2 Å². The molecule has 29 heavy (non-hydrogen) atoms. The van der Waals surface area contributed by atoms with Crippen LogP contribution in [0.15, 0.2) is 29.1 Å². The number of hydrogen-bond acceptors (Lipinski definition) is 7. The molecule has 0 bridgehead atoms. The summed E-state index contributed by atoms with van der Waals surface area (Å²) in [4.78, 5) is 44.4. The largest absolute Gasteiger partial charge is 0.492 e. The van der Waals surface area contributed by atoms with Gasteiger partial charge in [-0.1, -0.05) is 17.7 Å². The van der Waals surface area contributed by atoms with Crippen molar-refractivity contribution in [3.05, 3.63) is 56.4 Å². The van der Waals surface area contributed by atoms with E-state index in [2.05, 4.69) is 15.3 Å². The molecule has 8 nitrogen and oxygen atoms in total. The van der Waals surface area contributed by atoms with Gasteiger partial charge in [-0.25, -0.2) is 9.78 Å². The van der Waals surface area contributed by atoms with Crippen molar-refractivity contribution >= 4 is 33.4 Å². The molecule has 0 saturated carbocycles. The SMILES string of the molecule is COC(=O)c1sc2nc(C)[nH]c(=O)c2c1CC(=O)NCCOc1ccc(C)cc1. The van der Waals surface area contributed by atoms with Gasteiger partial charge in [0.05, 0.1) is 25.5 Å². The Kier molecular flexibility index (Phi) is 6.28. The smallest absolute Gasteiger partial charge is 0.348 e. The molecule has 3 aromatic rings. The number of hydrogen-bond donors (Lipinski definition) is 2. The summed E-state index contributed by atoms with van der Waals surface area (Å²) in [6.07, 6.45) is -0.136. The van der Waals surface area contributed by atoms with E-state index >= 15 is 0 Å². The Balaban J connectivity index is 1.69. The molecule has 2 heterocycles. The number of aromatic amines is 1. The molecule has 0 saturated heterocycles. The number of thiophene rings is 1. The third kappa shape index (κ3) is 4.80. The van der Waals surface area contributed by atoms with Crippen molar-refractivity contribution in [3.63, 3.8) is 0 Å². The molecular weight excluding hydrogens is 394 g/mol. The first-order valence-corrected chi connectivity index (χ1v) is 9.77. The average Bonchev–Trinajstić information content (AvgIpc) is 3.04. The quantitative estimate of drug-likeness (QED) is 0.452. The number of nitrogens with one attached hydrogen (secondary N) is 2.